The van der Waals surface area contributed by atoms with Gasteiger partial charge in [0.1, 0.15) is 0 Å². The third kappa shape index (κ3) is 10.3. The Hall–Kier alpha value is -0.160. The van der Waals surface area contributed by atoms with Gasteiger partial charge in [-0.25, -0.2) is 0 Å². The number of hydrogen-bond acceptors (Lipinski definition) is 4. The Labute approximate surface area is 170 Å². The van der Waals surface area contributed by atoms with Crippen LogP contribution in [0.5, 0.6) is 0 Å². The summed E-state index contributed by atoms with van der Waals surface area (Å²) in [6.07, 6.45) is 8.65. The Morgan fingerprint density at radius 3 is 1.96 bits per heavy atom. The normalized spacial score (nSPS) is 14.9. The van der Waals surface area contributed by atoms with E-state index in [2.05, 4.69) is 53.4 Å². The van der Waals surface area contributed by atoms with Crippen molar-refractivity contribution in [1.82, 2.24) is 4.90 Å². The van der Waals surface area contributed by atoms with Gasteiger partial charge in [-0.15, -0.1) is 0 Å². The van der Waals surface area contributed by atoms with Gasteiger partial charge in [-0.05, 0) is 46.1 Å². The molecule has 1 N–H and O–H groups in total. The number of unbranched alkanes of at least 4 members (excludes halogenated alkanes) is 4. The molecule has 0 amide bonds. The smallest absolute Gasteiger partial charge is 0.169 e. The first-order valence-electron chi connectivity index (χ1n) is 11.5. The minimum absolute atomic E-state index is 0.203. The van der Waals surface area contributed by atoms with Gasteiger partial charge in [0.05, 0.1) is 6.61 Å². The van der Waals surface area contributed by atoms with Crippen LogP contribution in [-0.2, 0) is 9.47 Å². The van der Waals surface area contributed by atoms with Crippen LogP contribution in [-0.4, -0.2) is 54.7 Å². The van der Waals surface area contributed by atoms with E-state index in [1.54, 1.807) is 0 Å². The maximum Gasteiger partial charge on any atom is 0.169 e. The average Bonchev–Trinajstić information content (AvgIpc) is 2.62. The first-order chi connectivity index (χ1) is 12.9. The van der Waals surface area contributed by atoms with Crippen LogP contribution in [0.15, 0.2) is 0 Å². The zero-order valence-electron chi connectivity index (χ0n) is 19.4. The maximum atomic E-state index is 9.63. The number of rotatable bonds is 18. The Bertz CT molecular complexity index is 330. The van der Waals surface area contributed by atoms with Gasteiger partial charge in [0.2, 0.25) is 0 Å². The molecule has 0 aliphatic heterocycles. The lowest BCUT2D eigenvalue weighted by molar-refractivity contribution is -0.265. The summed E-state index contributed by atoms with van der Waals surface area (Å²) in [4.78, 5) is 2.45. The summed E-state index contributed by atoms with van der Waals surface area (Å²) in [5.74, 6) is 0.283. The molecule has 0 aromatic carbocycles. The Morgan fingerprint density at radius 1 is 0.926 bits per heavy atom. The van der Waals surface area contributed by atoms with Crippen molar-refractivity contribution in [3.63, 3.8) is 0 Å². The molecule has 0 aromatic rings. The van der Waals surface area contributed by atoms with Gasteiger partial charge in [-0.3, -0.25) is 4.90 Å². The zero-order valence-corrected chi connectivity index (χ0v) is 19.4. The van der Waals surface area contributed by atoms with Crippen molar-refractivity contribution in [2.45, 2.75) is 105 Å². The molecule has 2 atom stereocenters. The predicted molar refractivity (Wildman–Crippen MR) is 116 cm³/mol. The molecule has 0 spiro atoms. The van der Waals surface area contributed by atoms with Crippen LogP contribution >= 0.6 is 0 Å². The molecule has 27 heavy (non-hydrogen) atoms. The fraction of sp³-hybridized carbons (Fsp3) is 1.00. The molecule has 4 nitrogen and oxygen atoms in total. The largest absolute Gasteiger partial charge is 0.395 e. The lowest BCUT2D eigenvalue weighted by atomic mass is 9.80. The van der Waals surface area contributed by atoms with E-state index >= 15 is 0 Å². The van der Waals surface area contributed by atoms with Crippen molar-refractivity contribution in [2.75, 3.05) is 32.9 Å². The molecule has 0 heterocycles. The number of aliphatic hydroxyl groups excluding tert-OH is 1. The molecule has 0 aliphatic carbocycles. The van der Waals surface area contributed by atoms with Crippen LogP contribution in [0.3, 0.4) is 0 Å². The highest BCUT2D eigenvalue weighted by Crippen LogP contribution is 2.36. The molecular formula is C23H49NO3. The van der Waals surface area contributed by atoms with Gasteiger partial charge in [0.25, 0.3) is 0 Å². The molecule has 0 aliphatic rings. The molecule has 0 saturated heterocycles. The highest BCUT2D eigenvalue weighted by molar-refractivity contribution is 4.89. The Balaban J connectivity index is 5.56. The van der Waals surface area contributed by atoms with E-state index in [0.29, 0.717) is 25.2 Å². The van der Waals surface area contributed by atoms with Gasteiger partial charge in [-0.2, -0.15) is 0 Å². The fourth-order valence-corrected chi connectivity index (χ4v) is 4.34. The van der Waals surface area contributed by atoms with E-state index in [0.717, 1.165) is 25.9 Å². The quantitative estimate of drug-likeness (QED) is 0.250. The van der Waals surface area contributed by atoms with Crippen LogP contribution in [0.1, 0.15) is 93.4 Å². The third-order valence-corrected chi connectivity index (χ3v) is 5.59. The predicted octanol–water partition coefficient (Wildman–Crippen LogP) is 5.48. The summed E-state index contributed by atoms with van der Waals surface area (Å²) in [5, 5.41) is 9.63. The summed E-state index contributed by atoms with van der Waals surface area (Å²) in [6, 6.07) is 0.370. The van der Waals surface area contributed by atoms with E-state index in [9.17, 15) is 5.11 Å². The van der Waals surface area contributed by atoms with Crippen molar-refractivity contribution in [3.05, 3.63) is 0 Å². The molecule has 0 saturated carbocycles. The fourth-order valence-electron chi connectivity index (χ4n) is 4.34. The van der Waals surface area contributed by atoms with Crippen molar-refractivity contribution >= 4 is 0 Å². The van der Waals surface area contributed by atoms with Gasteiger partial charge in [0.15, 0.2) is 5.79 Å². The number of likely N-dealkylation sites (N-methyl/N-ethyl adjacent to an activating group) is 1. The average molecular weight is 388 g/mol. The van der Waals surface area contributed by atoms with Crippen LogP contribution < -0.4 is 0 Å². The van der Waals surface area contributed by atoms with Gasteiger partial charge >= 0.3 is 0 Å². The molecule has 164 valence electrons. The SMILES string of the molecule is CCCCCCCC(C(CC(C)C)C(C)(OCC)OCC)N(CC)CCO. The second-order valence-corrected chi connectivity index (χ2v) is 8.24. The molecule has 0 radical (unpaired) electrons. The molecule has 0 aromatic heterocycles. The summed E-state index contributed by atoms with van der Waals surface area (Å²) in [5.41, 5.74) is 0. The summed E-state index contributed by atoms with van der Waals surface area (Å²) < 4.78 is 12.4. The summed E-state index contributed by atoms with van der Waals surface area (Å²) in [6.45, 7) is 18.4. The molecular weight excluding hydrogens is 338 g/mol. The number of nitrogens with zero attached hydrogens (tertiary/aromatic N) is 1. The van der Waals surface area contributed by atoms with Gasteiger partial charge < -0.3 is 14.6 Å². The van der Waals surface area contributed by atoms with E-state index in [1.807, 2.05) is 0 Å². The van der Waals surface area contributed by atoms with Crippen LogP contribution in [0.25, 0.3) is 0 Å². The highest BCUT2D eigenvalue weighted by Gasteiger charge is 2.42. The standard InChI is InChI=1S/C23H49NO3/c1-8-12-13-14-15-16-22(24(9-2)17-18-25)21(19-20(5)6)23(7,26-10-3)27-11-4/h20-22,25H,8-19H2,1-7H3. The Morgan fingerprint density at radius 2 is 1.52 bits per heavy atom. The third-order valence-electron chi connectivity index (χ3n) is 5.59. The molecule has 4 heteroatoms. The van der Waals surface area contributed by atoms with E-state index in [-0.39, 0.29) is 12.5 Å². The van der Waals surface area contributed by atoms with Gasteiger partial charge in [-0.1, -0.05) is 59.8 Å². The van der Waals surface area contributed by atoms with E-state index in [1.165, 1.54) is 32.1 Å². The summed E-state index contributed by atoms with van der Waals surface area (Å²) in [7, 11) is 0. The minimum atomic E-state index is -0.579. The van der Waals surface area contributed by atoms with E-state index < -0.39 is 5.79 Å². The van der Waals surface area contributed by atoms with Crippen LogP contribution in [0.4, 0.5) is 0 Å². The van der Waals surface area contributed by atoms with E-state index in [4.69, 9.17) is 9.47 Å². The number of hydrogen-bond donors (Lipinski definition) is 1. The minimum Gasteiger partial charge on any atom is -0.395 e. The zero-order chi connectivity index (χ0) is 20.7. The second kappa shape index (κ2) is 15.7. The van der Waals surface area contributed by atoms with Crippen molar-refractivity contribution in [1.29, 1.82) is 0 Å². The maximum absolute atomic E-state index is 9.63. The topological polar surface area (TPSA) is 41.9 Å². The lowest BCUT2D eigenvalue weighted by Crippen LogP contribution is -2.53. The molecule has 0 rings (SSSR count). The van der Waals surface area contributed by atoms with Gasteiger partial charge in [0, 0.05) is 31.7 Å². The number of aliphatic hydroxyl groups is 1. The monoisotopic (exact) mass is 387 g/mol. The van der Waals surface area contributed by atoms with Crippen molar-refractivity contribution in [3.8, 4) is 0 Å². The van der Waals surface area contributed by atoms with Crippen molar-refractivity contribution in [2.24, 2.45) is 11.8 Å². The van der Waals surface area contributed by atoms with Crippen LogP contribution in [0, 0.1) is 11.8 Å². The van der Waals surface area contributed by atoms with Crippen LogP contribution in [0.2, 0.25) is 0 Å². The lowest BCUT2D eigenvalue weighted by Gasteiger charge is -2.46. The first-order valence-corrected chi connectivity index (χ1v) is 11.5. The second-order valence-electron chi connectivity index (χ2n) is 8.24. The Kier molecular flexibility index (Phi) is 15.6. The highest BCUT2D eigenvalue weighted by atomic mass is 16.7. The first kappa shape index (κ1) is 26.8. The molecule has 2 unspecified atom stereocenters. The van der Waals surface area contributed by atoms with Crippen molar-refractivity contribution < 1.29 is 14.6 Å². The number of ether oxygens (including phenoxy) is 2. The molecule has 0 bridgehead atoms. The summed E-state index contributed by atoms with van der Waals surface area (Å²) >= 11 is 0. The molecule has 0 fully saturated rings.